The van der Waals surface area contributed by atoms with Crippen molar-refractivity contribution in [2.45, 2.75) is 22.6 Å². The predicted octanol–water partition coefficient (Wildman–Crippen LogP) is 1.04. The number of benzene rings is 2. The van der Waals surface area contributed by atoms with Crippen LogP contribution in [0.4, 0.5) is 0 Å². The van der Waals surface area contributed by atoms with Gasteiger partial charge in [0.25, 0.3) is 20.2 Å². The van der Waals surface area contributed by atoms with Crippen LogP contribution >= 0.6 is 0 Å². The molecule has 0 aliphatic heterocycles. The fraction of sp³-hybridized carbons (Fsp3) is 0.125. The standard InChI is InChI=1S/C16H14O9S2/c17-15(9-11-5-1-3-7-13(11)26(19,20)21)25-16(18)10-12-6-2-4-8-14(12)27(22,23)24/h1-8H,9-10H2,(H,19,20,21)(H,22,23,24). The zero-order valence-electron chi connectivity index (χ0n) is 13.6. The first-order valence-corrected chi connectivity index (χ1v) is 10.2. The molecule has 0 aromatic heterocycles. The van der Waals surface area contributed by atoms with Gasteiger partial charge in [-0.25, -0.2) is 0 Å². The monoisotopic (exact) mass is 414 g/mol. The van der Waals surface area contributed by atoms with Crippen molar-refractivity contribution in [3.05, 3.63) is 59.7 Å². The summed E-state index contributed by atoms with van der Waals surface area (Å²) in [7, 11) is -9.13. The molecule has 2 aromatic carbocycles. The number of ether oxygens (including phenoxy) is 1. The molecule has 0 unspecified atom stereocenters. The van der Waals surface area contributed by atoms with E-state index in [0.29, 0.717) is 0 Å². The molecular weight excluding hydrogens is 400 g/mol. The van der Waals surface area contributed by atoms with E-state index in [1.165, 1.54) is 36.4 Å². The van der Waals surface area contributed by atoms with Gasteiger partial charge in [-0.3, -0.25) is 18.7 Å². The second-order valence-electron chi connectivity index (χ2n) is 5.37. The van der Waals surface area contributed by atoms with Gasteiger partial charge in [0.15, 0.2) is 0 Å². The molecule has 0 saturated heterocycles. The molecule has 144 valence electrons. The van der Waals surface area contributed by atoms with Gasteiger partial charge < -0.3 is 4.74 Å². The van der Waals surface area contributed by atoms with Gasteiger partial charge in [0.1, 0.15) is 0 Å². The Morgan fingerprint density at radius 3 is 1.37 bits per heavy atom. The summed E-state index contributed by atoms with van der Waals surface area (Å²) in [4.78, 5) is 22.8. The molecule has 2 N–H and O–H groups in total. The molecule has 0 amide bonds. The van der Waals surface area contributed by atoms with Crippen molar-refractivity contribution in [3.8, 4) is 0 Å². The van der Waals surface area contributed by atoms with Crippen LogP contribution in [0.5, 0.6) is 0 Å². The van der Waals surface area contributed by atoms with Gasteiger partial charge in [-0.2, -0.15) is 16.8 Å². The van der Waals surface area contributed by atoms with Gasteiger partial charge in [-0.1, -0.05) is 36.4 Å². The van der Waals surface area contributed by atoms with Gasteiger partial charge in [-0.05, 0) is 23.3 Å². The minimum Gasteiger partial charge on any atom is -0.393 e. The molecule has 0 fully saturated rings. The topological polar surface area (TPSA) is 152 Å². The lowest BCUT2D eigenvalue weighted by Crippen LogP contribution is -2.18. The van der Waals surface area contributed by atoms with E-state index >= 15 is 0 Å². The van der Waals surface area contributed by atoms with Crippen LogP contribution in [-0.4, -0.2) is 37.9 Å². The minimum absolute atomic E-state index is 0.0730. The molecule has 0 aliphatic rings. The van der Waals surface area contributed by atoms with E-state index in [4.69, 9.17) is 9.11 Å². The lowest BCUT2D eigenvalue weighted by Gasteiger charge is -2.08. The Hall–Kier alpha value is -2.60. The molecule has 9 nitrogen and oxygen atoms in total. The third kappa shape index (κ3) is 5.69. The van der Waals surface area contributed by atoms with Crippen LogP contribution in [0.15, 0.2) is 58.3 Å². The molecule has 0 heterocycles. The first-order valence-electron chi connectivity index (χ1n) is 7.33. The van der Waals surface area contributed by atoms with Crippen LogP contribution < -0.4 is 0 Å². The molecule has 0 bridgehead atoms. The average molecular weight is 414 g/mol. The fourth-order valence-electron chi connectivity index (χ4n) is 2.31. The zero-order valence-corrected chi connectivity index (χ0v) is 15.2. The first kappa shape index (κ1) is 20.7. The van der Waals surface area contributed by atoms with E-state index in [1.807, 2.05) is 0 Å². The molecule has 0 spiro atoms. The summed E-state index contributed by atoms with van der Waals surface area (Å²) in [5.41, 5.74) is -0.146. The van der Waals surface area contributed by atoms with Crippen molar-refractivity contribution in [1.82, 2.24) is 0 Å². The second-order valence-corrected chi connectivity index (χ2v) is 8.15. The summed E-state index contributed by atoms with van der Waals surface area (Å²) in [6.07, 6.45) is -1.22. The number of hydrogen-bond donors (Lipinski definition) is 2. The van der Waals surface area contributed by atoms with Crippen molar-refractivity contribution >= 4 is 32.2 Å². The molecule has 27 heavy (non-hydrogen) atoms. The van der Waals surface area contributed by atoms with Crippen LogP contribution in [-0.2, 0) is 47.4 Å². The lowest BCUT2D eigenvalue weighted by molar-refractivity contribution is -0.158. The van der Waals surface area contributed by atoms with Gasteiger partial charge in [-0.15, -0.1) is 0 Å². The van der Waals surface area contributed by atoms with Crippen molar-refractivity contribution in [2.24, 2.45) is 0 Å². The molecule has 0 aliphatic carbocycles. The molecule has 0 radical (unpaired) electrons. The number of esters is 2. The van der Waals surface area contributed by atoms with Crippen LogP contribution in [0.3, 0.4) is 0 Å². The first-order chi connectivity index (χ1) is 12.5. The van der Waals surface area contributed by atoms with Crippen LogP contribution in [0.25, 0.3) is 0 Å². The Morgan fingerprint density at radius 1 is 0.704 bits per heavy atom. The van der Waals surface area contributed by atoms with Gasteiger partial charge in [0.05, 0.1) is 22.6 Å². The Labute approximate surface area is 155 Å². The average Bonchev–Trinajstić information content (AvgIpc) is 2.53. The van der Waals surface area contributed by atoms with E-state index in [-0.39, 0.29) is 11.1 Å². The SMILES string of the molecule is O=C(Cc1ccccc1S(=O)(=O)O)OC(=O)Cc1ccccc1S(=O)(=O)O. The van der Waals surface area contributed by atoms with E-state index in [1.54, 1.807) is 0 Å². The zero-order chi connectivity index (χ0) is 20.2. The summed E-state index contributed by atoms with van der Waals surface area (Å²) in [6, 6.07) is 10.3. The van der Waals surface area contributed by atoms with E-state index in [0.717, 1.165) is 12.1 Å². The minimum atomic E-state index is -4.57. The quantitative estimate of drug-likeness (QED) is 0.401. The summed E-state index contributed by atoms with van der Waals surface area (Å²) in [5, 5.41) is 0. The molecular formula is C16H14O9S2. The van der Waals surface area contributed by atoms with Crippen molar-refractivity contribution < 1.29 is 40.3 Å². The smallest absolute Gasteiger partial charge is 0.317 e. The maximum atomic E-state index is 11.9. The van der Waals surface area contributed by atoms with E-state index in [2.05, 4.69) is 4.74 Å². The van der Waals surface area contributed by atoms with Gasteiger partial charge >= 0.3 is 11.9 Å². The Balaban J connectivity index is 2.12. The highest BCUT2D eigenvalue weighted by Gasteiger charge is 2.21. The van der Waals surface area contributed by atoms with Crippen molar-refractivity contribution in [1.29, 1.82) is 0 Å². The molecule has 2 rings (SSSR count). The van der Waals surface area contributed by atoms with E-state index < -0.39 is 54.8 Å². The Kier molecular flexibility index (Phi) is 6.11. The van der Waals surface area contributed by atoms with Gasteiger partial charge in [0.2, 0.25) is 0 Å². The van der Waals surface area contributed by atoms with Crippen LogP contribution in [0.2, 0.25) is 0 Å². The Bertz CT molecular complexity index is 999. The largest absolute Gasteiger partial charge is 0.393 e. The molecule has 0 saturated carbocycles. The second kappa shape index (κ2) is 7.96. The number of carbonyl (C=O) groups excluding carboxylic acids is 2. The van der Waals surface area contributed by atoms with E-state index in [9.17, 15) is 26.4 Å². The highest BCUT2D eigenvalue weighted by molar-refractivity contribution is 7.86. The highest BCUT2D eigenvalue weighted by Crippen LogP contribution is 2.18. The predicted molar refractivity (Wildman–Crippen MR) is 91.0 cm³/mol. The molecule has 11 heteroatoms. The van der Waals surface area contributed by atoms with Crippen molar-refractivity contribution in [2.75, 3.05) is 0 Å². The summed E-state index contributed by atoms with van der Waals surface area (Å²) < 4.78 is 68.0. The third-order valence-electron chi connectivity index (χ3n) is 3.40. The lowest BCUT2D eigenvalue weighted by atomic mass is 10.1. The fourth-order valence-corrected chi connectivity index (χ4v) is 3.76. The summed E-state index contributed by atoms with van der Waals surface area (Å²) in [6.45, 7) is 0. The van der Waals surface area contributed by atoms with Crippen LogP contribution in [0, 0.1) is 0 Å². The number of hydrogen-bond acceptors (Lipinski definition) is 7. The van der Waals surface area contributed by atoms with Crippen LogP contribution in [0.1, 0.15) is 11.1 Å². The summed E-state index contributed by atoms with van der Waals surface area (Å²) in [5.74, 6) is -2.19. The number of carbonyl (C=O) groups is 2. The molecule has 0 atom stereocenters. The number of rotatable bonds is 6. The van der Waals surface area contributed by atoms with Crippen molar-refractivity contribution in [3.63, 3.8) is 0 Å². The normalized spacial score (nSPS) is 11.8. The molecule has 2 aromatic rings. The highest BCUT2D eigenvalue weighted by atomic mass is 32.2. The maximum Gasteiger partial charge on any atom is 0.317 e. The summed E-state index contributed by atoms with van der Waals surface area (Å²) >= 11 is 0. The third-order valence-corrected chi connectivity index (χ3v) is 5.31. The van der Waals surface area contributed by atoms with Gasteiger partial charge in [0, 0.05) is 0 Å². The maximum absolute atomic E-state index is 11.9. The Morgan fingerprint density at radius 2 is 1.04 bits per heavy atom.